The number of nitrogens with one attached hydrogen (secondary N) is 2. The van der Waals surface area contributed by atoms with Crippen LogP contribution in [0.25, 0.3) is 0 Å². The van der Waals surface area contributed by atoms with Crippen LogP contribution in [0, 0.1) is 6.92 Å². The SMILES string of the molecule is CC(=O)Nc1ccc(C(=O)OCC(=O)Nc2cc(Cl)ccc2C)cc1. The molecule has 0 unspecified atom stereocenters. The third-order valence-corrected chi connectivity index (χ3v) is 3.48. The van der Waals surface area contributed by atoms with E-state index in [9.17, 15) is 14.4 Å². The fraction of sp³-hybridized carbons (Fsp3) is 0.167. The number of hydrogen-bond acceptors (Lipinski definition) is 4. The number of aryl methyl sites for hydroxylation is 1. The molecule has 2 N–H and O–H groups in total. The quantitative estimate of drug-likeness (QED) is 0.800. The third-order valence-electron chi connectivity index (χ3n) is 3.25. The van der Waals surface area contributed by atoms with Gasteiger partial charge in [0.05, 0.1) is 5.56 Å². The van der Waals surface area contributed by atoms with Crippen molar-refractivity contribution < 1.29 is 19.1 Å². The molecule has 0 saturated carbocycles. The summed E-state index contributed by atoms with van der Waals surface area (Å²) in [5, 5.41) is 5.73. The fourth-order valence-electron chi connectivity index (χ4n) is 2.02. The molecular weight excluding hydrogens is 344 g/mol. The first kappa shape index (κ1) is 18.5. The van der Waals surface area contributed by atoms with Crippen LogP contribution in [-0.2, 0) is 14.3 Å². The Labute approximate surface area is 150 Å². The largest absolute Gasteiger partial charge is 0.452 e. The van der Waals surface area contributed by atoms with Crippen LogP contribution in [0.15, 0.2) is 42.5 Å². The molecule has 7 heteroatoms. The second-order valence-electron chi connectivity index (χ2n) is 5.34. The van der Waals surface area contributed by atoms with Crippen molar-refractivity contribution in [2.75, 3.05) is 17.2 Å². The monoisotopic (exact) mass is 360 g/mol. The topological polar surface area (TPSA) is 84.5 Å². The first-order chi connectivity index (χ1) is 11.8. The first-order valence-corrected chi connectivity index (χ1v) is 7.84. The van der Waals surface area contributed by atoms with Crippen molar-refractivity contribution in [1.29, 1.82) is 0 Å². The molecule has 0 aromatic heterocycles. The Balaban J connectivity index is 1.89. The highest BCUT2D eigenvalue weighted by Crippen LogP contribution is 2.20. The molecule has 0 aliphatic rings. The number of hydrogen-bond donors (Lipinski definition) is 2. The van der Waals surface area contributed by atoms with Gasteiger partial charge in [0.25, 0.3) is 5.91 Å². The molecule has 2 aromatic carbocycles. The van der Waals surface area contributed by atoms with E-state index in [1.54, 1.807) is 30.3 Å². The molecule has 0 aliphatic carbocycles. The molecule has 0 radical (unpaired) electrons. The number of rotatable bonds is 5. The number of benzene rings is 2. The number of halogens is 1. The zero-order valence-corrected chi connectivity index (χ0v) is 14.5. The van der Waals surface area contributed by atoms with E-state index in [4.69, 9.17) is 16.3 Å². The Bertz CT molecular complexity index is 803. The van der Waals surface area contributed by atoms with Gasteiger partial charge in [-0.1, -0.05) is 17.7 Å². The lowest BCUT2D eigenvalue weighted by molar-refractivity contribution is -0.119. The number of amides is 2. The maximum absolute atomic E-state index is 11.9. The lowest BCUT2D eigenvalue weighted by Crippen LogP contribution is -2.21. The van der Waals surface area contributed by atoms with Crippen molar-refractivity contribution >= 4 is 40.8 Å². The summed E-state index contributed by atoms with van der Waals surface area (Å²) in [7, 11) is 0. The van der Waals surface area contributed by atoms with Crippen LogP contribution < -0.4 is 10.6 Å². The summed E-state index contributed by atoms with van der Waals surface area (Å²) in [6, 6.07) is 11.3. The Kier molecular flexibility index (Phi) is 6.14. The third kappa shape index (κ3) is 5.61. The van der Waals surface area contributed by atoms with Crippen LogP contribution in [0.1, 0.15) is 22.8 Å². The zero-order valence-electron chi connectivity index (χ0n) is 13.8. The Morgan fingerprint density at radius 1 is 1.04 bits per heavy atom. The molecule has 6 nitrogen and oxygen atoms in total. The number of esters is 1. The van der Waals surface area contributed by atoms with E-state index in [1.807, 2.05) is 6.92 Å². The summed E-state index contributed by atoms with van der Waals surface area (Å²) in [5.74, 6) is -1.30. The van der Waals surface area contributed by atoms with Gasteiger partial charge >= 0.3 is 5.97 Å². The van der Waals surface area contributed by atoms with Gasteiger partial charge in [0, 0.05) is 23.3 Å². The van der Waals surface area contributed by atoms with Gasteiger partial charge in [0.15, 0.2) is 6.61 Å². The van der Waals surface area contributed by atoms with Crippen molar-refractivity contribution in [2.45, 2.75) is 13.8 Å². The van der Waals surface area contributed by atoms with Gasteiger partial charge < -0.3 is 15.4 Å². The Morgan fingerprint density at radius 2 is 1.72 bits per heavy atom. The minimum Gasteiger partial charge on any atom is -0.452 e. The average Bonchev–Trinajstić information content (AvgIpc) is 2.56. The smallest absolute Gasteiger partial charge is 0.338 e. The lowest BCUT2D eigenvalue weighted by Gasteiger charge is -2.09. The van der Waals surface area contributed by atoms with Gasteiger partial charge in [-0.3, -0.25) is 9.59 Å². The van der Waals surface area contributed by atoms with Crippen LogP contribution in [0.2, 0.25) is 5.02 Å². The molecule has 0 heterocycles. The van der Waals surface area contributed by atoms with Gasteiger partial charge in [-0.25, -0.2) is 4.79 Å². The minimum atomic E-state index is -0.632. The predicted molar refractivity (Wildman–Crippen MR) is 95.8 cm³/mol. The maximum Gasteiger partial charge on any atom is 0.338 e. The number of ether oxygens (including phenoxy) is 1. The first-order valence-electron chi connectivity index (χ1n) is 7.46. The molecule has 0 bridgehead atoms. The molecule has 2 rings (SSSR count). The molecule has 25 heavy (non-hydrogen) atoms. The van der Waals surface area contributed by atoms with Crippen molar-refractivity contribution in [2.24, 2.45) is 0 Å². The van der Waals surface area contributed by atoms with Crippen LogP contribution in [0.5, 0.6) is 0 Å². The molecule has 0 fully saturated rings. The minimum absolute atomic E-state index is 0.205. The van der Waals surface area contributed by atoms with Gasteiger partial charge in [-0.15, -0.1) is 0 Å². The van der Waals surface area contributed by atoms with E-state index in [-0.39, 0.29) is 11.5 Å². The van der Waals surface area contributed by atoms with E-state index in [1.165, 1.54) is 19.1 Å². The van der Waals surface area contributed by atoms with Crippen molar-refractivity contribution in [3.63, 3.8) is 0 Å². The Hall–Kier alpha value is -2.86. The zero-order chi connectivity index (χ0) is 18.4. The highest BCUT2D eigenvalue weighted by atomic mass is 35.5. The van der Waals surface area contributed by atoms with Gasteiger partial charge in [0.1, 0.15) is 0 Å². The van der Waals surface area contributed by atoms with Crippen LogP contribution in [0.3, 0.4) is 0 Å². The molecule has 2 aromatic rings. The Morgan fingerprint density at radius 3 is 2.36 bits per heavy atom. The summed E-state index contributed by atoms with van der Waals surface area (Å²) in [6.45, 7) is 2.80. The van der Waals surface area contributed by atoms with Crippen LogP contribution >= 0.6 is 11.6 Å². The second-order valence-corrected chi connectivity index (χ2v) is 5.78. The summed E-state index contributed by atoms with van der Waals surface area (Å²) >= 11 is 5.89. The standard InChI is InChI=1S/C18H17ClN2O4/c1-11-3-6-14(19)9-16(11)21-17(23)10-25-18(24)13-4-7-15(8-5-13)20-12(2)22/h3-9H,10H2,1-2H3,(H,20,22)(H,21,23). The fourth-order valence-corrected chi connectivity index (χ4v) is 2.19. The summed E-state index contributed by atoms with van der Waals surface area (Å²) in [4.78, 5) is 34.8. The van der Waals surface area contributed by atoms with Gasteiger partial charge in [-0.05, 0) is 48.9 Å². The molecular formula is C18H17ClN2O4. The van der Waals surface area contributed by atoms with E-state index < -0.39 is 18.5 Å². The maximum atomic E-state index is 11.9. The molecule has 130 valence electrons. The highest BCUT2D eigenvalue weighted by Gasteiger charge is 2.11. The number of anilines is 2. The van der Waals surface area contributed by atoms with Crippen molar-refractivity contribution in [3.05, 3.63) is 58.6 Å². The van der Waals surface area contributed by atoms with E-state index in [2.05, 4.69) is 10.6 Å². The average molecular weight is 361 g/mol. The normalized spacial score (nSPS) is 10.0. The number of carbonyl (C=O) groups is 3. The summed E-state index contributed by atoms with van der Waals surface area (Å²) in [6.07, 6.45) is 0. The van der Waals surface area contributed by atoms with Crippen LogP contribution in [0.4, 0.5) is 11.4 Å². The predicted octanol–water partition coefficient (Wildman–Crippen LogP) is 3.40. The summed E-state index contributed by atoms with van der Waals surface area (Å²) in [5.41, 5.74) is 2.25. The highest BCUT2D eigenvalue weighted by molar-refractivity contribution is 6.31. The van der Waals surface area contributed by atoms with Gasteiger partial charge in [0.2, 0.25) is 5.91 Å². The van der Waals surface area contributed by atoms with E-state index >= 15 is 0 Å². The molecule has 2 amide bonds. The molecule has 0 saturated heterocycles. The summed E-state index contributed by atoms with van der Waals surface area (Å²) < 4.78 is 4.98. The number of carbonyl (C=O) groups excluding carboxylic acids is 3. The second kappa shape index (κ2) is 8.30. The van der Waals surface area contributed by atoms with E-state index in [0.29, 0.717) is 16.4 Å². The van der Waals surface area contributed by atoms with Crippen LogP contribution in [-0.4, -0.2) is 24.4 Å². The van der Waals surface area contributed by atoms with Crippen molar-refractivity contribution in [3.8, 4) is 0 Å². The molecule has 0 atom stereocenters. The lowest BCUT2D eigenvalue weighted by atomic mass is 10.2. The van der Waals surface area contributed by atoms with Crippen molar-refractivity contribution in [1.82, 2.24) is 0 Å². The molecule has 0 spiro atoms. The molecule has 0 aliphatic heterocycles. The van der Waals surface area contributed by atoms with Gasteiger partial charge in [-0.2, -0.15) is 0 Å². The van der Waals surface area contributed by atoms with E-state index in [0.717, 1.165) is 5.56 Å².